The number of benzene rings is 1. The fraction of sp³-hybridized carbons (Fsp3) is 0.333. The van der Waals surface area contributed by atoms with Gasteiger partial charge in [-0.15, -0.1) is 0 Å². The number of aromatic nitrogens is 1. The Morgan fingerprint density at radius 2 is 2.41 bits per heavy atom. The van der Waals surface area contributed by atoms with Crippen molar-refractivity contribution in [3.05, 3.63) is 30.2 Å². The summed E-state index contributed by atoms with van der Waals surface area (Å²) in [6, 6.07) is 5.55. The molecule has 0 aliphatic rings. The van der Waals surface area contributed by atoms with Gasteiger partial charge in [0.05, 0.1) is 13.0 Å². The van der Waals surface area contributed by atoms with Crippen LogP contribution in [0.25, 0.3) is 11.1 Å². The van der Waals surface area contributed by atoms with Crippen LogP contribution in [0.1, 0.15) is 5.56 Å². The molecule has 1 aromatic carbocycles. The largest absolute Gasteiger partial charge is 0.443 e. The Bertz CT molecular complexity index is 507. The standard InChI is InChI=1S/C12H14N2O3/c1-16-5-4-13-12(15)7-9-2-3-10-11(6-9)17-8-14-10/h2-3,6,8H,4-5,7H2,1H3,(H,13,15). The van der Waals surface area contributed by atoms with Gasteiger partial charge in [0.1, 0.15) is 5.52 Å². The van der Waals surface area contributed by atoms with Gasteiger partial charge in [-0.1, -0.05) is 6.07 Å². The Kier molecular flexibility index (Phi) is 3.72. The Labute approximate surface area is 98.8 Å². The molecule has 0 aliphatic heterocycles. The number of fused-ring (bicyclic) bond motifs is 1. The lowest BCUT2D eigenvalue weighted by Gasteiger charge is -2.04. The van der Waals surface area contributed by atoms with Crippen molar-refractivity contribution in [2.75, 3.05) is 20.3 Å². The first-order chi connectivity index (χ1) is 8.29. The lowest BCUT2D eigenvalue weighted by atomic mass is 10.1. The van der Waals surface area contributed by atoms with E-state index in [1.54, 1.807) is 7.11 Å². The topological polar surface area (TPSA) is 64.4 Å². The molecular formula is C12H14N2O3. The van der Waals surface area contributed by atoms with Gasteiger partial charge in [-0.25, -0.2) is 4.98 Å². The smallest absolute Gasteiger partial charge is 0.224 e. The molecule has 1 amide bonds. The molecule has 0 aliphatic carbocycles. The van der Waals surface area contributed by atoms with Gasteiger partial charge < -0.3 is 14.5 Å². The van der Waals surface area contributed by atoms with Gasteiger partial charge >= 0.3 is 0 Å². The molecule has 0 fully saturated rings. The van der Waals surface area contributed by atoms with Crippen molar-refractivity contribution in [2.24, 2.45) is 0 Å². The van der Waals surface area contributed by atoms with Gasteiger partial charge in [0, 0.05) is 13.7 Å². The average Bonchev–Trinajstić information content (AvgIpc) is 2.76. The van der Waals surface area contributed by atoms with Crippen LogP contribution < -0.4 is 5.32 Å². The molecule has 1 N–H and O–H groups in total. The second kappa shape index (κ2) is 5.45. The third-order valence-corrected chi connectivity index (χ3v) is 2.39. The number of nitrogens with zero attached hydrogens (tertiary/aromatic N) is 1. The maximum absolute atomic E-state index is 11.5. The molecule has 2 rings (SSSR count). The van der Waals surface area contributed by atoms with Crippen molar-refractivity contribution < 1.29 is 13.9 Å². The summed E-state index contributed by atoms with van der Waals surface area (Å²) in [6.45, 7) is 1.05. The highest BCUT2D eigenvalue weighted by Gasteiger charge is 2.05. The van der Waals surface area contributed by atoms with Crippen LogP contribution >= 0.6 is 0 Å². The Morgan fingerprint density at radius 3 is 3.24 bits per heavy atom. The van der Waals surface area contributed by atoms with Crippen LogP contribution in [0, 0.1) is 0 Å². The van der Waals surface area contributed by atoms with E-state index in [2.05, 4.69) is 10.3 Å². The predicted molar refractivity (Wildman–Crippen MR) is 62.6 cm³/mol. The van der Waals surface area contributed by atoms with Crippen LogP contribution in [0.4, 0.5) is 0 Å². The number of nitrogens with one attached hydrogen (secondary N) is 1. The van der Waals surface area contributed by atoms with Crippen molar-refractivity contribution in [1.29, 1.82) is 0 Å². The zero-order valence-electron chi connectivity index (χ0n) is 9.60. The fourth-order valence-corrected chi connectivity index (χ4v) is 1.55. The lowest BCUT2D eigenvalue weighted by molar-refractivity contribution is -0.120. The molecule has 0 saturated carbocycles. The number of rotatable bonds is 5. The number of carbonyl (C=O) groups excluding carboxylic acids is 1. The first-order valence-electron chi connectivity index (χ1n) is 5.37. The average molecular weight is 234 g/mol. The molecule has 2 aromatic rings. The number of methoxy groups -OCH3 is 1. The normalized spacial score (nSPS) is 10.6. The highest BCUT2D eigenvalue weighted by molar-refractivity contribution is 5.80. The molecule has 5 heteroatoms. The first kappa shape index (κ1) is 11.6. The monoisotopic (exact) mass is 234 g/mol. The molecule has 5 nitrogen and oxygen atoms in total. The summed E-state index contributed by atoms with van der Waals surface area (Å²) in [6.07, 6.45) is 1.73. The highest BCUT2D eigenvalue weighted by atomic mass is 16.5. The Morgan fingerprint density at radius 1 is 1.53 bits per heavy atom. The van der Waals surface area contributed by atoms with Crippen LogP contribution in [0.2, 0.25) is 0 Å². The van der Waals surface area contributed by atoms with Crippen LogP contribution in [-0.2, 0) is 16.0 Å². The summed E-state index contributed by atoms with van der Waals surface area (Å²) in [5.41, 5.74) is 2.41. The molecule has 0 unspecified atom stereocenters. The number of oxazole rings is 1. The SMILES string of the molecule is COCCNC(=O)Cc1ccc2ncoc2c1. The van der Waals surface area contributed by atoms with E-state index in [-0.39, 0.29) is 5.91 Å². The van der Waals surface area contributed by atoms with E-state index in [0.717, 1.165) is 11.1 Å². The van der Waals surface area contributed by atoms with E-state index in [1.165, 1.54) is 6.39 Å². The Balaban J connectivity index is 1.95. The molecule has 0 bridgehead atoms. The van der Waals surface area contributed by atoms with Gasteiger partial charge in [-0.3, -0.25) is 4.79 Å². The number of hydrogen-bond donors (Lipinski definition) is 1. The van der Waals surface area contributed by atoms with Crippen LogP contribution in [0.15, 0.2) is 29.0 Å². The quantitative estimate of drug-likeness (QED) is 0.788. The van der Waals surface area contributed by atoms with Crippen molar-refractivity contribution >= 4 is 17.0 Å². The van der Waals surface area contributed by atoms with Gasteiger partial charge in [0.2, 0.25) is 5.91 Å². The molecule has 0 radical (unpaired) electrons. The minimum absolute atomic E-state index is 0.0269. The molecular weight excluding hydrogens is 220 g/mol. The number of amides is 1. The third kappa shape index (κ3) is 3.04. The van der Waals surface area contributed by atoms with Gasteiger partial charge in [-0.2, -0.15) is 0 Å². The maximum Gasteiger partial charge on any atom is 0.224 e. The van der Waals surface area contributed by atoms with Crippen LogP contribution in [-0.4, -0.2) is 31.2 Å². The number of carbonyl (C=O) groups is 1. The maximum atomic E-state index is 11.5. The molecule has 0 spiro atoms. The molecule has 1 aromatic heterocycles. The minimum atomic E-state index is -0.0269. The zero-order chi connectivity index (χ0) is 12.1. The summed E-state index contributed by atoms with van der Waals surface area (Å²) in [7, 11) is 1.60. The molecule has 17 heavy (non-hydrogen) atoms. The number of ether oxygens (including phenoxy) is 1. The second-order valence-corrected chi connectivity index (χ2v) is 3.67. The summed E-state index contributed by atoms with van der Waals surface area (Å²) in [5, 5.41) is 2.76. The highest BCUT2D eigenvalue weighted by Crippen LogP contribution is 2.14. The summed E-state index contributed by atoms with van der Waals surface area (Å²) in [4.78, 5) is 15.6. The van der Waals surface area contributed by atoms with E-state index in [9.17, 15) is 4.79 Å². The van der Waals surface area contributed by atoms with E-state index in [1.807, 2.05) is 18.2 Å². The van der Waals surface area contributed by atoms with Crippen LogP contribution in [0.5, 0.6) is 0 Å². The van der Waals surface area contributed by atoms with E-state index in [0.29, 0.717) is 25.2 Å². The molecule has 0 saturated heterocycles. The van der Waals surface area contributed by atoms with Crippen molar-refractivity contribution in [3.63, 3.8) is 0 Å². The molecule has 0 atom stereocenters. The van der Waals surface area contributed by atoms with Crippen LogP contribution in [0.3, 0.4) is 0 Å². The van der Waals surface area contributed by atoms with E-state index >= 15 is 0 Å². The molecule has 1 heterocycles. The van der Waals surface area contributed by atoms with Crippen molar-refractivity contribution in [1.82, 2.24) is 10.3 Å². The number of hydrogen-bond acceptors (Lipinski definition) is 4. The summed E-state index contributed by atoms with van der Waals surface area (Å²) >= 11 is 0. The fourth-order valence-electron chi connectivity index (χ4n) is 1.55. The second-order valence-electron chi connectivity index (χ2n) is 3.67. The van der Waals surface area contributed by atoms with Gasteiger partial charge in [0.15, 0.2) is 12.0 Å². The van der Waals surface area contributed by atoms with Crippen molar-refractivity contribution in [3.8, 4) is 0 Å². The van der Waals surface area contributed by atoms with E-state index < -0.39 is 0 Å². The minimum Gasteiger partial charge on any atom is -0.443 e. The lowest BCUT2D eigenvalue weighted by Crippen LogP contribution is -2.28. The van der Waals surface area contributed by atoms with Gasteiger partial charge in [0.25, 0.3) is 0 Å². The summed E-state index contributed by atoms with van der Waals surface area (Å²) in [5.74, 6) is -0.0269. The zero-order valence-corrected chi connectivity index (χ0v) is 9.60. The third-order valence-electron chi connectivity index (χ3n) is 2.39. The van der Waals surface area contributed by atoms with Crippen molar-refractivity contribution in [2.45, 2.75) is 6.42 Å². The van der Waals surface area contributed by atoms with E-state index in [4.69, 9.17) is 9.15 Å². The Hall–Kier alpha value is -1.88. The first-order valence-corrected chi connectivity index (χ1v) is 5.37. The predicted octanol–water partition coefficient (Wildman–Crippen LogP) is 1.13. The molecule has 90 valence electrons. The van der Waals surface area contributed by atoms with Gasteiger partial charge in [-0.05, 0) is 17.7 Å². The summed E-state index contributed by atoms with van der Waals surface area (Å²) < 4.78 is 10.0.